The average Bonchev–Trinajstić information content (AvgIpc) is 2.73. The molecule has 0 aliphatic heterocycles. The molecular weight excluding hydrogens is 207 g/mol. The maximum Gasteiger partial charge on any atom is 0.156 e. The zero-order valence-electron chi connectivity index (χ0n) is 8.21. The second kappa shape index (κ2) is 3.37. The van der Waals surface area contributed by atoms with Crippen molar-refractivity contribution in [3.8, 4) is 11.4 Å². The van der Waals surface area contributed by atoms with E-state index in [0.717, 1.165) is 5.65 Å². The number of aromatic nitrogens is 4. The Morgan fingerprint density at radius 2 is 2.06 bits per heavy atom. The molecule has 0 N–H and O–H groups in total. The summed E-state index contributed by atoms with van der Waals surface area (Å²) in [5.41, 5.74) is 2.08. The number of imidazole rings is 1. The molecule has 0 fully saturated rings. The molecule has 3 aromatic rings. The molecule has 5 heteroatoms. The molecule has 3 aromatic heterocycles. The zero-order valence-corrected chi connectivity index (χ0v) is 8.21. The maximum atomic E-state index is 12.7. The number of halogens is 1. The Hall–Kier alpha value is -2.30. The summed E-state index contributed by atoms with van der Waals surface area (Å²) in [6, 6.07) is 2.97. The summed E-state index contributed by atoms with van der Waals surface area (Å²) < 4.78 is 14.5. The van der Waals surface area contributed by atoms with Crippen LogP contribution in [0.1, 0.15) is 0 Å². The van der Waals surface area contributed by atoms with E-state index in [0.29, 0.717) is 11.4 Å². The van der Waals surface area contributed by atoms with Gasteiger partial charge in [0.15, 0.2) is 5.65 Å². The fraction of sp³-hybridized carbons (Fsp3) is 0. The van der Waals surface area contributed by atoms with Crippen LogP contribution < -0.4 is 0 Å². The highest BCUT2D eigenvalue weighted by atomic mass is 19.1. The van der Waals surface area contributed by atoms with Crippen LogP contribution >= 0.6 is 0 Å². The van der Waals surface area contributed by atoms with E-state index in [1.807, 2.05) is 10.6 Å². The molecule has 16 heavy (non-hydrogen) atoms. The van der Waals surface area contributed by atoms with Crippen molar-refractivity contribution in [3.05, 3.63) is 48.9 Å². The van der Waals surface area contributed by atoms with Gasteiger partial charge in [-0.25, -0.2) is 9.37 Å². The fourth-order valence-corrected chi connectivity index (χ4v) is 1.49. The van der Waals surface area contributed by atoms with E-state index in [1.54, 1.807) is 24.7 Å². The lowest BCUT2D eigenvalue weighted by molar-refractivity contribution is 0.622. The number of rotatable bonds is 1. The molecule has 0 saturated carbocycles. The predicted molar refractivity (Wildman–Crippen MR) is 56.2 cm³/mol. The van der Waals surface area contributed by atoms with Gasteiger partial charge in [0.25, 0.3) is 0 Å². The number of hydrogen-bond donors (Lipinski definition) is 0. The van der Waals surface area contributed by atoms with Crippen molar-refractivity contribution in [3.63, 3.8) is 0 Å². The molecule has 3 heterocycles. The molecule has 0 aromatic carbocycles. The lowest BCUT2D eigenvalue weighted by atomic mass is 10.3. The standard InChI is InChI=1S/C11H7FN4/c12-8-1-2-9(14-5-8)10-7-16-4-3-13-6-11(16)15-10/h1-7H. The summed E-state index contributed by atoms with van der Waals surface area (Å²) in [7, 11) is 0. The van der Waals surface area contributed by atoms with Gasteiger partial charge in [0.1, 0.15) is 11.5 Å². The van der Waals surface area contributed by atoms with Crippen molar-refractivity contribution < 1.29 is 4.39 Å². The van der Waals surface area contributed by atoms with E-state index < -0.39 is 0 Å². The van der Waals surface area contributed by atoms with Crippen LogP contribution in [-0.4, -0.2) is 19.4 Å². The highest BCUT2D eigenvalue weighted by Crippen LogP contribution is 2.16. The number of pyridine rings is 1. The SMILES string of the molecule is Fc1ccc(-c2cn3ccncc3n2)nc1. The second-order valence-corrected chi connectivity index (χ2v) is 3.33. The van der Waals surface area contributed by atoms with Crippen molar-refractivity contribution in [2.24, 2.45) is 0 Å². The Morgan fingerprint density at radius 1 is 1.12 bits per heavy atom. The Labute approximate surface area is 90.4 Å². The summed E-state index contributed by atoms with van der Waals surface area (Å²) in [5.74, 6) is -0.353. The monoisotopic (exact) mass is 214 g/mol. The first-order valence-corrected chi connectivity index (χ1v) is 4.73. The van der Waals surface area contributed by atoms with Crippen molar-refractivity contribution in [2.45, 2.75) is 0 Å². The Balaban J connectivity index is 2.15. The third kappa shape index (κ3) is 1.42. The smallest absolute Gasteiger partial charge is 0.156 e. The molecule has 0 bridgehead atoms. The van der Waals surface area contributed by atoms with Crippen LogP contribution in [0.4, 0.5) is 4.39 Å². The molecule has 4 nitrogen and oxygen atoms in total. The van der Waals surface area contributed by atoms with Crippen LogP contribution in [0.5, 0.6) is 0 Å². The van der Waals surface area contributed by atoms with Crippen LogP contribution in [0.15, 0.2) is 43.1 Å². The average molecular weight is 214 g/mol. The second-order valence-electron chi connectivity index (χ2n) is 3.33. The van der Waals surface area contributed by atoms with E-state index in [4.69, 9.17) is 0 Å². The molecule has 0 radical (unpaired) electrons. The molecule has 0 atom stereocenters. The van der Waals surface area contributed by atoms with Gasteiger partial charge in [0.2, 0.25) is 0 Å². The molecular formula is C11H7FN4. The topological polar surface area (TPSA) is 43.1 Å². The lowest BCUT2D eigenvalue weighted by Gasteiger charge is -1.93. The molecule has 0 spiro atoms. The van der Waals surface area contributed by atoms with E-state index in [1.165, 1.54) is 12.3 Å². The van der Waals surface area contributed by atoms with Crippen molar-refractivity contribution >= 4 is 5.65 Å². The van der Waals surface area contributed by atoms with Gasteiger partial charge in [-0.1, -0.05) is 0 Å². The molecule has 0 saturated heterocycles. The van der Waals surface area contributed by atoms with Crippen LogP contribution in [0.3, 0.4) is 0 Å². The van der Waals surface area contributed by atoms with Gasteiger partial charge in [-0.05, 0) is 12.1 Å². The minimum Gasteiger partial charge on any atom is -0.304 e. The van der Waals surface area contributed by atoms with Gasteiger partial charge < -0.3 is 4.40 Å². The first kappa shape index (κ1) is 8.96. The van der Waals surface area contributed by atoms with E-state index in [9.17, 15) is 4.39 Å². The van der Waals surface area contributed by atoms with Crippen LogP contribution in [-0.2, 0) is 0 Å². The molecule has 0 unspecified atom stereocenters. The van der Waals surface area contributed by atoms with Gasteiger partial charge in [0, 0.05) is 18.6 Å². The van der Waals surface area contributed by atoms with Crippen LogP contribution in [0.2, 0.25) is 0 Å². The van der Waals surface area contributed by atoms with Gasteiger partial charge in [-0.3, -0.25) is 9.97 Å². The quantitative estimate of drug-likeness (QED) is 0.621. The molecule has 0 aliphatic rings. The van der Waals surface area contributed by atoms with E-state index >= 15 is 0 Å². The Kier molecular flexibility index (Phi) is 1.89. The van der Waals surface area contributed by atoms with E-state index in [2.05, 4.69) is 15.0 Å². The van der Waals surface area contributed by atoms with Crippen molar-refractivity contribution in [1.82, 2.24) is 19.4 Å². The van der Waals surface area contributed by atoms with Gasteiger partial charge in [0.05, 0.1) is 18.1 Å². The summed E-state index contributed by atoms with van der Waals surface area (Å²) in [5, 5.41) is 0. The van der Waals surface area contributed by atoms with E-state index in [-0.39, 0.29) is 5.82 Å². The summed E-state index contributed by atoms with van der Waals surface area (Å²) in [6.07, 6.45) is 8.15. The Morgan fingerprint density at radius 3 is 2.81 bits per heavy atom. The van der Waals surface area contributed by atoms with Gasteiger partial charge in [-0.2, -0.15) is 0 Å². The molecule has 0 amide bonds. The van der Waals surface area contributed by atoms with Crippen molar-refractivity contribution in [2.75, 3.05) is 0 Å². The highest BCUT2D eigenvalue weighted by molar-refractivity contribution is 5.57. The summed E-state index contributed by atoms with van der Waals surface area (Å²) >= 11 is 0. The Bertz CT molecular complexity index is 597. The summed E-state index contributed by atoms with van der Waals surface area (Å²) in [6.45, 7) is 0. The number of nitrogens with zero attached hydrogens (tertiary/aromatic N) is 4. The van der Waals surface area contributed by atoms with Crippen LogP contribution in [0.25, 0.3) is 17.0 Å². The van der Waals surface area contributed by atoms with Gasteiger partial charge >= 0.3 is 0 Å². The van der Waals surface area contributed by atoms with Crippen molar-refractivity contribution in [1.29, 1.82) is 0 Å². The third-order valence-electron chi connectivity index (χ3n) is 2.25. The minimum absolute atomic E-state index is 0.353. The van der Waals surface area contributed by atoms with Gasteiger partial charge in [-0.15, -0.1) is 0 Å². The fourth-order valence-electron chi connectivity index (χ4n) is 1.49. The predicted octanol–water partition coefficient (Wildman–Crippen LogP) is 1.93. The maximum absolute atomic E-state index is 12.7. The minimum atomic E-state index is -0.353. The highest BCUT2D eigenvalue weighted by Gasteiger charge is 2.05. The number of hydrogen-bond acceptors (Lipinski definition) is 3. The normalized spacial score (nSPS) is 10.8. The lowest BCUT2D eigenvalue weighted by Crippen LogP contribution is -1.83. The first-order chi connectivity index (χ1) is 7.83. The molecule has 3 rings (SSSR count). The summed E-state index contributed by atoms with van der Waals surface area (Å²) in [4.78, 5) is 12.3. The largest absolute Gasteiger partial charge is 0.304 e. The number of fused-ring (bicyclic) bond motifs is 1. The third-order valence-corrected chi connectivity index (χ3v) is 2.25. The van der Waals surface area contributed by atoms with Crippen LogP contribution in [0, 0.1) is 5.82 Å². The first-order valence-electron chi connectivity index (χ1n) is 4.73. The zero-order chi connectivity index (χ0) is 11.0. The molecule has 0 aliphatic carbocycles. The molecule has 78 valence electrons.